The third-order valence-electron chi connectivity index (χ3n) is 5.04. The fourth-order valence-corrected chi connectivity index (χ4v) is 3.55. The number of hydrogen-bond acceptors (Lipinski definition) is 5. The highest BCUT2D eigenvalue weighted by atomic mass is 32.1. The summed E-state index contributed by atoms with van der Waals surface area (Å²) in [4.78, 5) is 40.9. The molecule has 0 aliphatic heterocycles. The van der Waals surface area contributed by atoms with Crippen molar-refractivity contribution in [3.63, 3.8) is 0 Å². The Balaban J connectivity index is 3.39. The van der Waals surface area contributed by atoms with Gasteiger partial charge in [0.25, 0.3) is 0 Å². The third-order valence-corrected chi connectivity index (χ3v) is 5.41. The minimum absolute atomic E-state index is 0.0755. The molecule has 0 radical (unpaired) electrons. The fraction of sp³-hybridized carbons (Fsp3) is 0.640. The molecule has 2 unspecified atom stereocenters. The summed E-state index contributed by atoms with van der Waals surface area (Å²) in [6, 6.07) is 3.95. The first-order chi connectivity index (χ1) is 15.3. The Morgan fingerprint density at radius 3 is 2.21 bits per heavy atom. The lowest BCUT2D eigenvalue weighted by molar-refractivity contribution is -0.142. The smallest absolute Gasteiger partial charge is 0.408 e. The molecule has 0 heterocycles. The van der Waals surface area contributed by atoms with E-state index in [0.717, 1.165) is 23.1 Å². The van der Waals surface area contributed by atoms with Crippen LogP contribution < -0.4 is 10.6 Å². The predicted molar refractivity (Wildman–Crippen MR) is 136 cm³/mol. The van der Waals surface area contributed by atoms with Crippen LogP contribution in [0.1, 0.15) is 77.1 Å². The van der Waals surface area contributed by atoms with Crippen LogP contribution in [0.5, 0.6) is 0 Å². The molecule has 3 amide bonds. The topological polar surface area (TPSA) is 87.7 Å². The number of rotatable bonds is 10. The lowest BCUT2D eigenvalue weighted by atomic mass is 9.98. The molecule has 0 aliphatic carbocycles. The Bertz CT molecular complexity index is 820. The molecule has 2 N–H and O–H groups in total. The van der Waals surface area contributed by atoms with Crippen molar-refractivity contribution in [2.75, 3.05) is 12.3 Å². The van der Waals surface area contributed by atoms with Gasteiger partial charge in [0.15, 0.2) is 0 Å². The highest BCUT2D eigenvalue weighted by Crippen LogP contribution is 2.25. The van der Waals surface area contributed by atoms with Gasteiger partial charge in [0.2, 0.25) is 11.8 Å². The molecule has 0 fully saturated rings. The van der Waals surface area contributed by atoms with Gasteiger partial charge in [-0.1, -0.05) is 31.5 Å². The molecular formula is C25H41N3O4S. The second kappa shape index (κ2) is 12.9. The van der Waals surface area contributed by atoms with Crippen LogP contribution in [-0.4, -0.2) is 52.8 Å². The highest BCUT2D eigenvalue weighted by Gasteiger charge is 2.35. The third kappa shape index (κ3) is 9.27. The summed E-state index contributed by atoms with van der Waals surface area (Å²) in [5.74, 6) is -0.550. The molecule has 7 nitrogen and oxygen atoms in total. The van der Waals surface area contributed by atoms with E-state index in [9.17, 15) is 14.4 Å². The first-order valence-electron chi connectivity index (χ1n) is 11.6. The number of hydrogen-bond donors (Lipinski definition) is 3. The summed E-state index contributed by atoms with van der Waals surface area (Å²) >= 11 is 4.30. The van der Waals surface area contributed by atoms with Crippen molar-refractivity contribution in [2.24, 2.45) is 0 Å². The maximum Gasteiger partial charge on any atom is 0.408 e. The zero-order valence-electron chi connectivity index (χ0n) is 21.3. The maximum absolute atomic E-state index is 13.7. The van der Waals surface area contributed by atoms with Gasteiger partial charge >= 0.3 is 6.09 Å². The van der Waals surface area contributed by atoms with Crippen molar-refractivity contribution in [3.05, 3.63) is 34.9 Å². The van der Waals surface area contributed by atoms with Gasteiger partial charge in [-0.05, 0) is 71.6 Å². The van der Waals surface area contributed by atoms with Gasteiger partial charge in [0, 0.05) is 18.3 Å². The standard InChI is InChI=1S/C25H41N3O4S/c1-9-10-13-28(23(30)20(15-33)27-24(31)32-25(6,7)8)21(22(29)26-16(2)3)19-12-11-17(4)18(5)14-19/h11-12,14,16,20-21,33H,9-10,13,15H2,1-8H3,(H,26,29)(H,27,31). The molecule has 0 aromatic heterocycles. The quantitative estimate of drug-likeness (QED) is 0.436. The van der Waals surface area contributed by atoms with E-state index in [0.29, 0.717) is 13.0 Å². The van der Waals surface area contributed by atoms with E-state index < -0.39 is 23.8 Å². The molecule has 8 heteroatoms. The average molecular weight is 480 g/mol. The van der Waals surface area contributed by atoms with Crippen LogP contribution in [-0.2, 0) is 14.3 Å². The van der Waals surface area contributed by atoms with Crippen LogP contribution in [0.25, 0.3) is 0 Å². The van der Waals surface area contributed by atoms with E-state index >= 15 is 0 Å². The molecule has 33 heavy (non-hydrogen) atoms. The number of ether oxygens (including phenoxy) is 1. The Morgan fingerprint density at radius 2 is 1.73 bits per heavy atom. The molecule has 1 aromatic rings. The van der Waals surface area contributed by atoms with Gasteiger partial charge in [-0.2, -0.15) is 12.6 Å². The number of thiol groups is 1. The SMILES string of the molecule is CCCCN(C(=O)C(CS)NC(=O)OC(C)(C)C)C(C(=O)NC(C)C)c1ccc(C)c(C)c1. The van der Waals surface area contributed by atoms with Crippen LogP contribution in [0.3, 0.4) is 0 Å². The van der Waals surface area contributed by atoms with E-state index in [1.54, 1.807) is 25.7 Å². The van der Waals surface area contributed by atoms with E-state index in [1.165, 1.54) is 0 Å². The second-order valence-corrected chi connectivity index (χ2v) is 10.0. The Labute approximate surface area is 204 Å². The molecule has 0 spiro atoms. The first-order valence-corrected chi connectivity index (χ1v) is 12.2. The zero-order chi connectivity index (χ0) is 25.3. The molecule has 186 valence electrons. The van der Waals surface area contributed by atoms with Crippen LogP contribution in [0, 0.1) is 13.8 Å². The van der Waals surface area contributed by atoms with Crippen LogP contribution in [0.4, 0.5) is 4.79 Å². The molecule has 0 aliphatic rings. The van der Waals surface area contributed by atoms with Gasteiger partial charge in [0.05, 0.1) is 0 Å². The van der Waals surface area contributed by atoms with Crippen molar-refractivity contribution >= 4 is 30.5 Å². The van der Waals surface area contributed by atoms with E-state index in [1.807, 2.05) is 52.8 Å². The number of alkyl carbamates (subject to hydrolysis) is 1. The van der Waals surface area contributed by atoms with Crippen molar-refractivity contribution in [2.45, 2.75) is 92.0 Å². The van der Waals surface area contributed by atoms with Gasteiger partial charge < -0.3 is 20.3 Å². The summed E-state index contributed by atoms with van der Waals surface area (Å²) < 4.78 is 5.32. The minimum atomic E-state index is -0.930. The molecule has 1 rings (SSSR count). The Kier molecular flexibility index (Phi) is 11.2. The molecule has 1 aromatic carbocycles. The Morgan fingerprint density at radius 1 is 1.09 bits per heavy atom. The monoisotopic (exact) mass is 479 g/mol. The number of nitrogens with one attached hydrogen (secondary N) is 2. The van der Waals surface area contributed by atoms with E-state index in [2.05, 4.69) is 23.3 Å². The lowest BCUT2D eigenvalue weighted by Crippen LogP contribution is -2.54. The normalized spacial score (nSPS) is 13.3. The number of aryl methyl sites for hydroxylation is 2. The molecular weight excluding hydrogens is 438 g/mol. The summed E-state index contributed by atoms with van der Waals surface area (Å²) in [5, 5.41) is 5.58. The van der Waals surface area contributed by atoms with Crippen molar-refractivity contribution < 1.29 is 19.1 Å². The number of benzene rings is 1. The number of carbonyl (C=O) groups is 3. The summed E-state index contributed by atoms with van der Waals surface area (Å²) in [5.41, 5.74) is 2.18. The summed E-state index contributed by atoms with van der Waals surface area (Å²) in [7, 11) is 0. The second-order valence-electron chi connectivity index (χ2n) is 9.68. The highest BCUT2D eigenvalue weighted by molar-refractivity contribution is 7.80. The van der Waals surface area contributed by atoms with Crippen LogP contribution in [0.15, 0.2) is 18.2 Å². The van der Waals surface area contributed by atoms with Gasteiger partial charge in [-0.25, -0.2) is 4.79 Å². The van der Waals surface area contributed by atoms with Crippen molar-refractivity contribution in [1.82, 2.24) is 15.5 Å². The molecule has 0 saturated carbocycles. The minimum Gasteiger partial charge on any atom is -0.444 e. The molecule has 0 bridgehead atoms. The van der Waals surface area contributed by atoms with Crippen LogP contribution in [0.2, 0.25) is 0 Å². The van der Waals surface area contributed by atoms with Crippen molar-refractivity contribution in [3.8, 4) is 0 Å². The predicted octanol–water partition coefficient (Wildman–Crippen LogP) is 4.32. The van der Waals surface area contributed by atoms with Gasteiger partial charge in [0.1, 0.15) is 17.7 Å². The zero-order valence-corrected chi connectivity index (χ0v) is 22.2. The van der Waals surface area contributed by atoms with Crippen molar-refractivity contribution in [1.29, 1.82) is 0 Å². The van der Waals surface area contributed by atoms with E-state index in [4.69, 9.17) is 4.74 Å². The molecule has 2 atom stereocenters. The molecule has 0 saturated heterocycles. The summed E-state index contributed by atoms with van der Waals surface area (Å²) in [6.07, 6.45) is 0.869. The number of amides is 3. The maximum atomic E-state index is 13.7. The Hall–Kier alpha value is -2.22. The number of nitrogens with zero attached hydrogens (tertiary/aromatic N) is 1. The largest absolute Gasteiger partial charge is 0.444 e. The number of unbranched alkanes of at least 4 members (excludes halogenated alkanes) is 1. The fourth-order valence-electron chi connectivity index (χ4n) is 3.30. The van der Waals surface area contributed by atoms with Gasteiger partial charge in [-0.3, -0.25) is 9.59 Å². The summed E-state index contributed by atoms with van der Waals surface area (Å²) in [6.45, 7) is 15.4. The lowest BCUT2D eigenvalue weighted by Gasteiger charge is -2.34. The van der Waals surface area contributed by atoms with E-state index in [-0.39, 0.29) is 23.6 Å². The van der Waals surface area contributed by atoms with Crippen LogP contribution >= 0.6 is 12.6 Å². The first kappa shape index (κ1) is 28.8. The average Bonchev–Trinajstić information content (AvgIpc) is 2.69. The number of carbonyl (C=O) groups excluding carboxylic acids is 3. The van der Waals surface area contributed by atoms with Gasteiger partial charge in [-0.15, -0.1) is 0 Å².